The van der Waals surface area contributed by atoms with Gasteiger partial charge in [-0.25, -0.2) is 0 Å². The number of allylic oxidation sites excluding steroid dienone is 1. The van der Waals surface area contributed by atoms with Gasteiger partial charge in [-0.2, -0.15) is 0 Å². The molecule has 0 aromatic carbocycles. The maximum absolute atomic E-state index is 12.4. The van der Waals surface area contributed by atoms with Crippen LogP contribution in [0.4, 0.5) is 5.69 Å². The van der Waals surface area contributed by atoms with Crippen LogP contribution < -0.4 is 15.5 Å². The summed E-state index contributed by atoms with van der Waals surface area (Å²) in [5.41, 5.74) is 2.88. The topological polar surface area (TPSA) is 74.3 Å². The van der Waals surface area contributed by atoms with Gasteiger partial charge in [0.15, 0.2) is 0 Å². The molecule has 1 atom stereocenters. The summed E-state index contributed by atoms with van der Waals surface area (Å²) in [5.74, 6) is -0.124. The third-order valence-electron chi connectivity index (χ3n) is 5.05. The van der Waals surface area contributed by atoms with Gasteiger partial charge >= 0.3 is 0 Å². The molecule has 2 N–H and O–H groups in total. The van der Waals surface area contributed by atoms with Crippen LogP contribution in [0.25, 0.3) is 0 Å². The molecule has 6 heteroatoms. The van der Waals surface area contributed by atoms with Crippen LogP contribution in [0.1, 0.15) is 55.9 Å². The summed E-state index contributed by atoms with van der Waals surface area (Å²) in [6.45, 7) is 3.83. The highest BCUT2D eigenvalue weighted by molar-refractivity contribution is 5.93. The molecule has 140 valence electrons. The second kappa shape index (κ2) is 8.83. The second-order valence-corrected chi connectivity index (χ2v) is 7.15. The molecule has 1 saturated heterocycles. The average Bonchev–Trinajstić information content (AvgIpc) is 3.10. The van der Waals surface area contributed by atoms with Crippen molar-refractivity contribution in [3.05, 3.63) is 35.7 Å². The zero-order valence-corrected chi connectivity index (χ0v) is 15.5. The Morgan fingerprint density at radius 1 is 1.35 bits per heavy atom. The predicted molar refractivity (Wildman–Crippen MR) is 102 cm³/mol. The monoisotopic (exact) mass is 356 g/mol. The van der Waals surface area contributed by atoms with Crippen molar-refractivity contribution in [3.63, 3.8) is 0 Å². The molecule has 0 bridgehead atoms. The molecule has 0 saturated carbocycles. The zero-order valence-electron chi connectivity index (χ0n) is 15.5. The third kappa shape index (κ3) is 5.07. The van der Waals surface area contributed by atoms with Gasteiger partial charge in [-0.05, 0) is 50.7 Å². The van der Waals surface area contributed by atoms with Crippen molar-refractivity contribution < 1.29 is 9.59 Å². The number of pyridine rings is 1. The van der Waals surface area contributed by atoms with Gasteiger partial charge in [0.2, 0.25) is 5.91 Å². The number of anilines is 1. The fourth-order valence-corrected chi connectivity index (χ4v) is 3.70. The Morgan fingerprint density at radius 3 is 3.00 bits per heavy atom. The fraction of sp³-hybridized carbons (Fsp3) is 0.550. The van der Waals surface area contributed by atoms with Gasteiger partial charge in [-0.15, -0.1) is 0 Å². The lowest BCUT2D eigenvalue weighted by molar-refractivity contribution is -0.119. The average molecular weight is 356 g/mol. The SMILES string of the molecule is CC(=O)N[C@H]1CCN(c2ccnc(C(=O)NCCC3=CCCCC3)c2)C1. The quantitative estimate of drug-likeness (QED) is 0.768. The van der Waals surface area contributed by atoms with Crippen LogP contribution in [0, 0.1) is 0 Å². The molecule has 2 heterocycles. The van der Waals surface area contributed by atoms with Crippen molar-refractivity contribution >= 4 is 17.5 Å². The zero-order chi connectivity index (χ0) is 18.4. The summed E-state index contributed by atoms with van der Waals surface area (Å²) in [6.07, 6.45) is 10.7. The molecule has 1 fully saturated rings. The Labute approximate surface area is 155 Å². The van der Waals surface area contributed by atoms with Crippen molar-refractivity contribution in [2.75, 3.05) is 24.5 Å². The summed E-state index contributed by atoms with van der Waals surface area (Å²) >= 11 is 0. The van der Waals surface area contributed by atoms with E-state index in [-0.39, 0.29) is 17.9 Å². The molecule has 3 rings (SSSR count). The maximum atomic E-state index is 12.4. The number of rotatable bonds is 6. The van der Waals surface area contributed by atoms with Crippen LogP contribution in [-0.4, -0.2) is 42.5 Å². The lowest BCUT2D eigenvalue weighted by Gasteiger charge is -2.19. The van der Waals surface area contributed by atoms with Crippen LogP contribution in [0.2, 0.25) is 0 Å². The van der Waals surface area contributed by atoms with E-state index < -0.39 is 0 Å². The number of carbonyl (C=O) groups is 2. The Kier molecular flexibility index (Phi) is 6.26. The van der Waals surface area contributed by atoms with Gasteiger partial charge < -0.3 is 15.5 Å². The van der Waals surface area contributed by atoms with Gasteiger partial charge in [0, 0.05) is 44.5 Å². The fourth-order valence-electron chi connectivity index (χ4n) is 3.70. The van der Waals surface area contributed by atoms with E-state index in [1.54, 1.807) is 13.1 Å². The first-order valence-corrected chi connectivity index (χ1v) is 9.56. The molecule has 1 aliphatic heterocycles. The maximum Gasteiger partial charge on any atom is 0.269 e. The number of hydrogen-bond acceptors (Lipinski definition) is 4. The molecular weight excluding hydrogens is 328 g/mol. The molecule has 2 aliphatic rings. The van der Waals surface area contributed by atoms with E-state index >= 15 is 0 Å². The lowest BCUT2D eigenvalue weighted by atomic mass is 9.97. The number of carbonyl (C=O) groups excluding carboxylic acids is 2. The molecule has 0 spiro atoms. The minimum absolute atomic E-state index is 0.000254. The summed E-state index contributed by atoms with van der Waals surface area (Å²) in [6, 6.07) is 3.92. The largest absolute Gasteiger partial charge is 0.369 e. The summed E-state index contributed by atoms with van der Waals surface area (Å²) in [4.78, 5) is 30.0. The Balaban J connectivity index is 1.52. The van der Waals surface area contributed by atoms with E-state index in [0.717, 1.165) is 38.0 Å². The summed E-state index contributed by atoms with van der Waals surface area (Å²) in [7, 11) is 0. The van der Waals surface area contributed by atoms with E-state index in [1.807, 2.05) is 12.1 Å². The number of nitrogens with zero attached hydrogens (tertiary/aromatic N) is 2. The van der Waals surface area contributed by atoms with Gasteiger partial charge in [0.1, 0.15) is 5.69 Å². The highest BCUT2D eigenvalue weighted by Crippen LogP contribution is 2.21. The first kappa shape index (κ1) is 18.4. The smallest absolute Gasteiger partial charge is 0.269 e. The first-order chi connectivity index (χ1) is 12.6. The molecule has 0 unspecified atom stereocenters. The first-order valence-electron chi connectivity index (χ1n) is 9.56. The standard InChI is InChI=1S/C20H28N4O2/c1-15(25)23-17-9-12-24(14-17)18-8-11-21-19(13-18)20(26)22-10-7-16-5-3-2-4-6-16/h5,8,11,13,17H,2-4,6-7,9-10,12,14H2,1H3,(H,22,26)(H,23,25)/t17-/m0/s1. The number of aromatic nitrogens is 1. The summed E-state index contributed by atoms with van der Waals surface area (Å²) < 4.78 is 0. The molecule has 6 nitrogen and oxygen atoms in total. The molecule has 2 amide bonds. The molecular formula is C20H28N4O2. The predicted octanol–water partition coefficient (Wildman–Crippen LogP) is 2.42. The van der Waals surface area contributed by atoms with Crippen LogP contribution in [-0.2, 0) is 4.79 Å². The van der Waals surface area contributed by atoms with E-state index in [1.165, 1.54) is 24.8 Å². The third-order valence-corrected chi connectivity index (χ3v) is 5.05. The van der Waals surface area contributed by atoms with Gasteiger partial charge in [-0.3, -0.25) is 14.6 Å². The van der Waals surface area contributed by atoms with Crippen LogP contribution in [0.5, 0.6) is 0 Å². The van der Waals surface area contributed by atoms with Crippen molar-refractivity contribution in [1.82, 2.24) is 15.6 Å². The highest BCUT2D eigenvalue weighted by atomic mass is 16.2. The van der Waals surface area contributed by atoms with E-state index in [2.05, 4.69) is 26.6 Å². The molecule has 26 heavy (non-hydrogen) atoms. The van der Waals surface area contributed by atoms with Crippen LogP contribution >= 0.6 is 0 Å². The Hall–Kier alpha value is -2.37. The highest BCUT2D eigenvalue weighted by Gasteiger charge is 2.23. The van der Waals surface area contributed by atoms with E-state index in [0.29, 0.717) is 12.2 Å². The number of nitrogens with one attached hydrogen (secondary N) is 2. The minimum Gasteiger partial charge on any atom is -0.369 e. The minimum atomic E-state index is -0.124. The Morgan fingerprint density at radius 2 is 2.23 bits per heavy atom. The normalized spacial score (nSPS) is 19.8. The van der Waals surface area contributed by atoms with Crippen LogP contribution in [0.15, 0.2) is 30.0 Å². The van der Waals surface area contributed by atoms with Crippen molar-refractivity contribution in [1.29, 1.82) is 0 Å². The van der Waals surface area contributed by atoms with Crippen molar-refractivity contribution in [2.24, 2.45) is 0 Å². The number of hydrogen-bond donors (Lipinski definition) is 2. The van der Waals surface area contributed by atoms with Gasteiger partial charge in [-0.1, -0.05) is 11.6 Å². The second-order valence-electron chi connectivity index (χ2n) is 7.15. The molecule has 1 aromatic rings. The van der Waals surface area contributed by atoms with Crippen molar-refractivity contribution in [2.45, 2.75) is 51.5 Å². The lowest BCUT2D eigenvalue weighted by Crippen LogP contribution is -2.35. The molecule has 1 aliphatic carbocycles. The Bertz CT molecular complexity index is 686. The van der Waals surface area contributed by atoms with Crippen molar-refractivity contribution in [3.8, 4) is 0 Å². The summed E-state index contributed by atoms with van der Waals surface area (Å²) in [5, 5.41) is 5.94. The molecule has 0 radical (unpaired) electrons. The van der Waals surface area contributed by atoms with Gasteiger partial charge in [0.05, 0.1) is 0 Å². The van der Waals surface area contributed by atoms with E-state index in [9.17, 15) is 9.59 Å². The van der Waals surface area contributed by atoms with Gasteiger partial charge in [0.25, 0.3) is 5.91 Å². The van der Waals surface area contributed by atoms with E-state index in [4.69, 9.17) is 0 Å². The number of amides is 2. The van der Waals surface area contributed by atoms with Crippen LogP contribution in [0.3, 0.4) is 0 Å². The molecule has 1 aromatic heterocycles.